The molecule has 1 aliphatic heterocycles. The minimum atomic E-state index is -3.30. The third-order valence-electron chi connectivity index (χ3n) is 4.85. The molecule has 142 valence electrons. The maximum absolute atomic E-state index is 11.3. The van der Waals surface area contributed by atoms with E-state index in [-0.39, 0.29) is 6.54 Å². The van der Waals surface area contributed by atoms with E-state index in [1.165, 1.54) is 0 Å². The maximum atomic E-state index is 11.3. The molecule has 26 heavy (non-hydrogen) atoms. The zero-order valence-electron chi connectivity index (χ0n) is 15.0. The second-order valence-corrected chi connectivity index (χ2v) is 8.92. The molecule has 8 heteroatoms. The van der Waals surface area contributed by atoms with Crippen LogP contribution in [0.25, 0.3) is 11.3 Å². The normalized spacial score (nSPS) is 22.2. The Hall–Kier alpha value is -1.74. The molecule has 1 saturated heterocycles. The lowest BCUT2D eigenvalue weighted by molar-refractivity contribution is 0.0305. The second-order valence-electron chi connectivity index (χ2n) is 7.08. The molecule has 1 aliphatic rings. The van der Waals surface area contributed by atoms with E-state index in [1.54, 1.807) is 0 Å². The van der Waals surface area contributed by atoms with Gasteiger partial charge in [-0.05, 0) is 31.4 Å². The van der Waals surface area contributed by atoms with Gasteiger partial charge in [-0.25, -0.2) is 13.1 Å². The Morgan fingerprint density at radius 1 is 1.27 bits per heavy atom. The minimum absolute atomic E-state index is 0.0701. The third kappa shape index (κ3) is 5.14. The summed E-state index contributed by atoms with van der Waals surface area (Å²) in [6.45, 7) is 2.39. The van der Waals surface area contributed by atoms with Crippen LogP contribution < -0.4 is 4.72 Å². The van der Waals surface area contributed by atoms with Crippen LogP contribution in [0.4, 0.5) is 0 Å². The van der Waals surface area contributed by atoms with Crippen molar-refractivity contribution in [2.24, 2.45) is 0 Å². The topological polar surface area (TPSA) is 98.3 Å². The van der Waals surface area contributed by atoms with Crippen molar-refractivity contribution in [2.75, 3.05) is 25.9 Å². The summed E-state index contributed by atoms with van der Waals surface area (Å²) in [4.78, 5) is 2.29. The molecular weight excluding hydrogens is 352 g/mol. The lowest BCUT2D eigenvalue weighted by Gasteiger charge is -2.27. The molecule has 2 heterocycles. The van der Waals surface area contributed by atoms with Crippen LogP contribution in [0.5, 0.6) is 0 Å². The summed E-state index contributed by atoms with van der Waals surface area (Å²) in [6.07, 6.45) is 4.91. The summed E-state index contributed by atoms with van der Waals surface area (Å²) in [5, 5.41) is 18.0. The highest BCUT2D eigenvalue weighted by molar-refractivity contribution is 7.88. The number of rotatable bonds is 6. The van der Waals surface area contributed by atoms with Gasteiger partial charge in [0.15, 0.2) is 0 Å². The number of hydrogen-bond acceptors (Lipinski definition) is 5. The van der Waals surface area contributed by atoms with E-state index in [2.05, 4.69) is 32.0 Å². The van der Waals surface area contributed by atoms with Crippen molar-refractivity contribution < 1.29 is 13.5 Å². The molecule has 0 spiro atoms. The molecule has 0 saturated carbocycles. The van der Waals surface area contributed by atoms with Crippen molar-refractivity contribution in [1.82, 2.24) is 19.8 Å². The second kappa shape index (κ2) is 7.87. The van der Waals surface area contributed by atoms with Gasteiger partial charge in [0.25, 0.3) is 0 Å². The van der Waals surface area contributed by atoms with Gasteiger partial charge < -0.3 is 5.11 Å². The van der Waals surface area contributed by atoms with E-state index < -0.39 is 15.6 Å². The summed E-state index contributed by atoms with van der Waals surface area (Å²) < 4.78 is 25.1. The molecule has 1 aromatic carbocycles. The van der Waals surface area contributed by atoms with Gasteiger partial charge in [-0.3, -0.25) is 10.00 Å². The summed E-state index contributed by atoms with van der Waals surface area (Å²) in [5.41, 5.74) is 2.25. The summed E-state index contributed by atoms with van der Waals surface area (Å²) in [7, 11) is -3.30. The van der Waals surface area contributed by atoms with Crippen LogP contribution in [0, 0.1) is 0 Å². The van der Waals surface area contributed by atoms with Gasteiger partial charge in [0.1, 0.15) is 0 Å². The molecule has 0 bridgehead atoms. The molecule has 3 rings (SSSR count). The van der Waals surface area contributed by atoms with Crippen LogP contribution in [0.2, 0.25) is 0 Å². The van der Waals surface area contributed by atoms with E-state index >= 15 is 0 Å². The van der Waals surface area contributed by atoms with Crippen molar-refractivity contribution in [3.63, 3.8) is 0 Å². The van der Waals surface area contributed by atoms with Gasteiger partial charge in [-0.1, -0.05) is 30.3 Å². The fraction of sp³-hybridized carbons (Fsp3) is 0.500. The highest BCUT2D eigenvalue weighted by Crippen LogP contribution is 2.26. The first-order valence-corrected chi connectivity index (χ1v) is 10.7. The molecule has 1 aromatic heterocycles. The molecule has 0 amide bonds. The number of aromatic nitrogens is 2. The Balaban J connectivity index is 1.63. The van der Waals surface area contributed by atoms with E-state index in [0.29, 0.717) is 19.4 Å². The number of hydrogen-bond donors (Lipinski definition) is 3. The number of aromatic amines is 1. The zero-order valence-corrected chi connectivity index (χ0v) is 15.8. The predicted octanol–water partition coefficient (Wildman–Crippen LogP) is 1.34. The molecule has 0 aliphatic carbocycles. The van der Waals surface area contributed by atoms with Crippen LogP contribution >= 0.6 is 0 Å². The first-order chi connectivity index (χ1) is 12.3. The van der Waals surface area contributed by atoms with Crippen LogP contribution in [0.1, 0.15) is 24.8 Å². The average molecular weight is 378 g/mol. The van der Waals surface area contributed by atoms with Crippen LogP contribution in [-0.4, -0.2) is 60.1 Å². The van der Waals surface area contributed by atoms with Crippen LogP contribution in [-0.2, 0) is 16.6 Å². The number of sulfonamides is 1. The fourth-order valence-corrected chi connectivity index (χ4v) is 3.89. The SMILES string of the molecule is CS(=O)(=O)NC[C@@]1(O)CCCN(Cc2cn[nH]c2-c2ccccc2)CC1. The molecule has 3 N–H and O–H groups in total. The van der Waals surface area contributed by atoms with Gasteiger partial charge >= 0.3 is 0 Å². The maximum Gasteiger partial charge on any atom is 0.208 e. The monoisotopic (exact) mass is 378 g/mol. The zero-order chi connectivity index (χ0) is 18.6. The molecule has 7 nitrogen and oxygen atoms in total. The number of benzene rings is 1. The Bertz CT molecular complexity index is 822. The van der Waals surface area contributed by atoms with E-state index in [1.807, 2.05) is 24.4 Å². The van der Waals surface area contributed by atoms with Crippen molar-refractivity contribution in [2.45, 2.75) is 31.4 Å². The molecule has 1 fully saturated rings. The highest BCUT2D eigenvalue weighted by Gasteiger charge is 2.31. The number of H-pyrrole nitrogens is 1. The Morgan fingerprint density at radius 2 is 2.04 bits per heavy atom. The standard InChI is InChI=1S/C18H26N4O3S/c1-26(24,25)20-14-18(23)8-5-10-22(11-9-18)13-16-12-19-21-17(16)15-6-3-2-4-7-15/h2-4,6-7,12,20,23H,5,8-11,13-14H2,1H3,(H,19,21)/t18-/m1/s1. The van der Waals surface area contributed by atoms with Gasteiger partial charge in [0.2, 0.25) is 10.0 Å². The minimum Gasteiger partial charge on any atom is -0.388 e. The summed E-state index contributed by atoms with van der Waals surface area (Å²) in [5.74, 6) is 0. The van der Waals surface area contributed by atoms with Crippen molar-refractivity contribution in [3.05, 3.63) is 42.1 Å². The Morgan fingerprint density at radius 3 is 2.77 bits per heavy atom. The van der Waals surface area contributed by atoms with Crippen LogP contribution in [0.15, 0.2) is 36.5 Å². The molecule has 0 radical (unpaired) electrons. The summed E-state index contributed by atoms with van der Waals surface area (Å²) in [6, 6.07) is 10.1. The van der Waals surface area contributed by atoms with Crippen molar-refractivity contribution in [1.29, 1.82) is 0 Å². The lowest BCUT2D eigenvalue weighted by atomic mass is 9.95. The Labute approximate surface area is 154 Å². The van der Waals surface area contributed by atoms with Gasteiger partial charge in [0, 0.05) is 25.2 Å². The number of nitrogens with one attached hydrogen (secondary N) is 2. The third-order valence-corrected chi connectivity index (χ3v) is 5.52. The largest absolute Gasteiger partial charge is 0.388 e. The number of likely N-dealkylation sites (tertiary alicyclic amines) is 1. The number of aliphatic hydroxyl groups is 1. The molecule has 2 aromatic rings. The van der Waals surface area contributed by atoms with Gasteiger partial charge in [-0.2, -0.15) is 5.10 Å². The predicted molar refractivity (Wildman–Crippen MR) is 101 cm³/mol. The first-order valence-electron chi connectivity index (χ1n) is 8.82. The van der Waals surface area contributed by atoms with Gasteiger partial charge in [-0.15, -0.1) is 0 Å². The van der Waals surface area contributed by atoms with E-state index in [4.69, 9.17) is 0 Å². The molecule has 0 unspecified atom stereocenters. The average Bonchev–Trinajstić information content (AvgIpc) is 2.98. The smallest absolute Gasteiger partial charge is 0.208 e. The Kier molecular flexibility index (Phi) is 5.76. The molecular formula is C18H26N4O3S. The highest BCUT2D eigenvalue weighted by atomic mass is 32.2. The summed E-state index contributed by atoms with van der Waals surface area (Å²) >= 11 is 0. The van der Waals surface area contributed by atoms with E-state index in [0.717, 1.165) is 42.6 Å². The fourth-order valence-electron chi connectivity index (χ4n) is 3.36. The quantitative estimate of drug-likeness (QED) is 0.705. The lowest BCUT2D eigenvalue weighted by Crippen LogP contribution is -2.43. The number of nitrogens with zero attached hydrogens (tertiary/aromatic N) is 2. The van der Waals surface area contributed by atoms with Gasteiger partial charge in [0.05, 0.1) is 23.7 Å². The van der Waals surface area contributed by atoms with Crippen LogP contribution in [0.3, 0.4) is 0 Å². The van der Waals surface area contributed by atoms with E-state index in [9.17, 15) is 13.5 Å². The first kappa shape index (κ1) is 19.0. The van der Waals surface area contributed by atoms with Crippen molar-refractivity contribution >= 4 is 10.0 Å². The molecule has 1 atom stereocenters. The van der Waals surface area contributed by atoms with Crippen molar-refractivity contribution in [3.8, 4) is 11.3 Å².